The second-order valence-electron chi connectivity index (χ2n) is 8.29. The van der Waals surface area contributed by atoms with Crippen LogP contribution in [0.1, 0.15) is 31.2 Å². The number of piperazine rings is 1. The largest absolute Gasteiger partial charge is 0.508 e. The van der Waals surface area contributed by atoms with Crippen LogP contribution in [0.4, 0.5) is 0 Å². The first kappa shape index (κ1) is 23.3. The van der Waals surface area contributed by atoms with Gasteiger partial charge in [-0.05, 0) is 49.8 Å². The quantitative estimate of drug-likeness (QED) is 0.140. The van der Waals surface area contributed by atoms with Crippen molar-refractivity contribution in [2.45, 2.75) is 56.3 Å². The summed E-state index contributed by atoms with van der Waals surface area (Å²) in [6.45, 7) is 0.668. The van der Waals surface area contributed by atoms with Gasteiger partial charge in [0, 0.05) is 19.1 Å². The van der Waals surface area contributed by atoms with E-state index in [9.17, 15) is 19.5 Å². The highest BCUT2D eigenvalue weighted by Gasteiger charge is 2.44. The molecule has 0 spiro atoms. The number of guanidine groups is 1. The van der Waals surface area contributed by atoms with Crippen LogP contribution in [0.5, 0.6) is 5.75 Å². The predicted molar refractivity (Wildman–Crippen MR) is 118 cm³/mol. The fourth-order valence-corrected chi connectivity index (χ4v) is 3.89. The number of amides is 3. The van der Waals surface area contributed by atoms with E-state index >= 15 is 0 Å². The minimum atomic E-state index is -0.877. The molecule has 3 rings (SSSR count). The summed E-state index contributed by atoms with van der Waals surface area (Å²) >= 11 is 0. The van der Waals surface area contributed by atoms with Gasteiger partial charge in [-0.3, -0.25) is 24.3 Å². The van der Waals surface area contributed by atoms with Crippen molar-refractivity contribution in [3.05, 3.63) is 29.8 Å². The molecule has 9 N–H and O–H groups in total. The van der Waals surface area contributed by atoms with Crippen molar-refractivity contribution in [2.75, 3.05) is 13.1 Å². The zero-order valence-corrected chi connectivity index (χ0v) is 17.9. The Hall–Kier alpha value is -3.34. The summed E-state index contributed by atoms with van der Waals surface area (Å²) in [6.07, 6.45) is 3.18. The standard InChI is InChI=1S/C21H31N7O4/c22-18(30)15(2-1-9-25-21(23)24)26-19(31)16-11-28(13-5-6-13)17(20(32)27-16)10-12-3-7-14(29)8-4-12/h3-4,7-8,13,15-17,29H,1-2,5-6,9-11H2,(H2,22,30)(H,26,31)(H,27,32)(H4,23,24,25)/t15-,16+,17-/m0/s1. The third kappa shape index (κ3) is 6.33. The predicted octanol–water partition coefficient (Wildman–Crippen LogP) is -1.71. The first-order valence-electron chi connectivity index (χ1n) is 10.7. The van der Waals surface area contributed by atoms with Crippen LogP contribution in [0.15, 0.2) is 29.3 Å². The molecule has 11 nitrogen and oxygen atoms in total. The van der Waals surface area contributed by atoms with Crippen LogP contribution in [0.2, 0.25) is 0 Å². The van der Waals surface area contributed by atoms with Crippen LogP contribution in [0.3, 0.4) is 0 Å². The van der Waals surface area contributed by atoms with E-state index in [2.05, 4.69) is 20.5 Å². The fourth-order valence-electron chi connectivity index (χ4n) is 3.89. The van der Waals surface area contributed by atoms with Crippen molar-refractivity contribution in [3.63, 3.8) is 0 Å². The molecule has 1 aliphatic carbocycles. The molecular weight excluding hydrogens is 414 g/mol. The van der Waals surface area contributed by atoms with Gasteiger partial charge in [0.2, 0.25) is 17.7 Å². The summed E-state index contributed by atoms with van der Waals surface area (Å²) in [6, 6.07) is 4.94. The van der Waals surface area contributed by atoms with Crippen LogP contribution < -0.4 is 27.8 Å². The van der Waals surface area contributed by atoms with E-state index < -0.39 is 29.9 Å². The SMILES string of the molecule is NC(=O)[C@H](CCCN=C(N)N)NC(=O)[C@H]1CN(C2CC2)[C@@H](Cc2ccc(O)cc2)C(=O)N1. The summed E-state index contributed by atoms with van der Waals surface area (Å²) in [7, 11) is 0. The number of nitrogens with zero attached hydrogens (tertiary/aromatic N) is 2. The second-order valence-corrected chi connectivity index (χ2v) is 8.29. The molecule has 0 bridgehead atoms. The van der Waals surface area contributed by atoms with Crippen molar-refractivity contribution in [3.8, 4) is 5.75 Å². The summed E-state index contributed by atoms with van der Waals surface area (Å²) in [5.74, 6) is -1.22. The number of rotatable bonds is 10. The van der Waals surface area contributed by atoms with Crippen LogP contribution >= 0.6 is 0 Å². The highest BCUT2D eigenvalue weighted by Crippen LogP contribution is 2.31. The molecule has 0 aromatic heterocycles. The molecule has 2 aliphatic rings. The lowest BCUT2D eigenvalue weighted by Crippen LogP contribution is -2.66. The molecule has 0 unspecified atom stereocenters. The molecule has 2 fully saturated rings. The van der Waals surface area contributed by atoms with Gasteiger partial charge in [-0.15, -0.1) is 0 Å². The lowest BCUT2D eigenvalue weighted by atomic mass is 9.99. The minimum Gasteiger partial charge on any atom is -0.508 e. The van der Waals surface area contributed by atoms with E-state index in [0.29, 0.717) is 25.9 Å². The zero-order chi connectivity index (χ0) is 23.3. The normalized spacial score (nSPS) is 21.9. The summed E-state index contributed by atoms with van der Waals surface area (Å²) in [4.78, 5) is 43.4. The van der Waals surface area contributed by atoms with E-state index in [1.165, 1.54) is 0 Å². The third-order valence-electron chi connectivity index (χ3n) is 5.72. The number of hydrogen-bond donors (Lipinski definition) is 6. The van der Waals surface area contributed by atoms with Crippen molar-refractivity contribution in [1.29, 1.82) is 0 Å². The maximum absolute atomic E-state index is 12.9. The van der Waals surface area contributed by atoms with E-state index in [0.717, 1.165) is 18.4 Å². The molecule has 32 heavy (non-hydrogen) atoms. The Kier molecular flexibility index (Phi) is 7.52. The molecular formula is C21H31N7O4. The highest BCUT2D eigenvalue weighted by atomic mass is 16.3. The molecule has 174 valence electrons. The Morgan fingerprint density at radius 2 is 1.91 bits per heavy atom. The lowest BCUT2D eigenvalue weighted by molar-refractivity contribution is -0.138. The van der Waals surface area contributed by atoms with Crippen molar-refractivity contribution >= 4 is 23.7 Å². The summed E-state index contributed by atoms with van der Waals surface area (Å²) < 4.78 is 0. The molecule has 11 heteroatoms. The molecule has 3 atom stereocenters. The Morgan fingerprint density at radius 3 is 2.50 bits per heavy atom. The maximum atomic E-state index is 12.9. The Morgan fingerprint density at radius 1 is 1.22 bits per heavy atom. The Balaban J connectivity index is 1.61. The van der Waals surface area contributed by atoms with Gasteiger partial charge >= 0.3 is 0 Å². The number of benzene rings is 1. The van der Waals surface area contributed by atoms with Crippen LogP contribution in [-0.4, -0.2) is 70.9 Å². The number of phenols is 1. The van der Waals surface area contributed by atoms with Gasteiger partial charge in [-0.2, -0.15) is 0 Å². The molecule has 1 aromatic rings. The van der Waals surface area contributed by atoms with Gasteiger partial charge in [0.15, 0.2) is 5.96 Å². The van der Waals surface area contributed by atoms with E-state index in [4.69, 9.17) is 17.2 Å². The average molecular weight is 446 g/mol. The molecule has 1 aliphatic heterocycles. The summed E-state index contributed by atoms with van der Waals surface area (Å²) in [5, 5.41) is 14.9. The van der Waals surface area contributed by atoms with Gasteiger partial charge in [0.25, 0.3) is 0 Å². The van der Waals surface area contributed by atoms with E-state index in [1.54, 1.807) is 24.3 Å². The van der Waals surface area contributed by atoms with Crippen LogP contribution in [-0.2, 0) is 20.8 Å². The monoisotopic (exact) mass is 445 g/mol. The van der Waals surface area contributed by atoms with Crippen LogP contribution in [0, 0.1) is 0 Å². The third-order valence-corrected chi connectivity index (χ3v) is 5.72. The fraction of sp³-hybridized carbons (Fsp3) is 0.524. The molecule has 3 amide bonds. The van der Waals surface area contributed by atoms with E-state index in [-0.39, 0.29) is 30.1 Å². The van der Waals surface area contributed by atoms with Gasteiger partial charge < -0.3 is 32.9 Å². The Labute approximate surface area is 186 Å². The number of phenolic OH excluding ortho intramolecular Hbond substituents is 1. The second kappa shape index (κ2) is 10.3. The van der Waals surface area contributed by atoms with Crippen molar-refractivity contribution in [2.24, 2.45) is 22.2 Å². The van der Waals surface area contributed by atoms with Gasteiger partial charge in [-0.1, -0.05) is 12.1 Å². The van der Waals surface area contributed by atoms with E-state index in [1.807, 2.05) is 0 Å². The molecule has 1 saturated heterocycles. The first-order valence-corrected chi connectivity index (χ1v) is 10.7. The molecule has 0 radical (unpaired) electrons. The highest BCUT2D eigenvalue weighted by molar-refractivity contribution is 5.94. The number of nitrogens with two attached hydrogens (primary N) is 3. The smallest absolute Gasteiger partial charge is 0.244 e. The Bertz CT molecular complexity index is 865. The number of hydrogen-bond acceptors (Lipinski definition) is 6. The lowest BCUT2D eigenvalue weighted by Gasteiger charge is -2.39. The molecule has 1 aromatic carbocycles. The molecule has 1 saturated carbocycles. The number of primary amides is 1. The number of carbonyl (C=O) groups excluding carboxylic acids is 3. The number of aromatic hydroxyl groups is 1. The van der Waals surface area contributed by atoms with Crippen molar-refractivity contribution < 1.29 is 19.5 Å². The van der Waals surface area contributed by atoms with Crippen LogP contribution in [0.25, 0.3) is 0 Å². The average Bonchev–Trinajstić information content (AvgIpc) is 3.57. The van der Waals surface area contributed by atoms with Gasteiger partial charge in [0.05, 0.1) is 6.04 Å². The minimum absolute atomic E-state index is 0.0448. The first-order chi connectivity index (χ1) is 15.2. The summed E-state index contributed by atoms with van der Waals surface area (Å²) in [5.41, 5.74) is 16.9. The number of carbonyl (C=O) groups is 3. The molecule has 1 heterocycles. The van der Waals surface area contributed by atoms with Gasteiger partial charge in [0.1, 0.15) is 17.8 Å². The number of aliphatic imine (C=N–C) groups is 1. The topological polar surface area (TPSA) is 189 Å². The zero-order valence-electron chi connectivity index (χ0n) is 17.9. The maximum Gasteiger partial charge on any atom is 0.244 e. The number of nitrogens with one attached hydrogen (secondary N) is 2. The van der Waals surface area contributed by atoms with Crippen molar-refractivity contribution in [1.82, 2.24) is 15.5 Å². The van der Waals surface area contributed by atoms with Gasteiger partial charge in [-0.25, -0.2) is 0 Å².